The van der Waals surface area contributed by atoms with Crippen molar-refractivity contribution in [1.82, 2.24) is 15.5 Å². The molecule has 0 aliphatic heterocycles. The van der Waals surface area contributed by atoms with E-state index in [9.17, 15) is 14.7 Å². The van der Waals surface area contributed by atoms with Crippen LogP contribution >= 0.6 is 0 Å². The molecule has 1 aromatic carbocycles. The molecule has 2 fully saturated rings. The number of benzene rings is 1. The Morgan fingerprint density at radius 2 is 1.93 bits per heavy atom. The molecule has 0 saturated heterocycles. The molecule has 2 aliphatic rings. The lowest BCUT2D eigenvalue weighted by Crippen LogP contribution is -2.56. The quantitative estimate of drug-likeness (QED) is 0.527. The Hall–Kier alpha value is -2.12. The number of aliphatic carboxylic acids is 1. The van der Waals surface area contributed by atoms with Gasteiger partial charge in [0, 0.05) is 24.0 Å². The second-order valence-electron chi connectivity index (χ2n) is 7.78. The molecule has 2 amide bonds. The van der Waals surface area contributed by atoms with Gasteiger partial charge in [-0.05, 0) is 37.8 Å². The van der Waals surface area contributed by atoms with Gasteiger partial charge in [0.2, 0.25) is 0 Å². The number of aliphatic hydroxyl groups is 1. The Morgan fingerprint density at radius 3 is 2.48 bits per heavy atom. The van der Waals surface area contributed by atoms with E-state index in [1.165, 1.54) is 0 Å². The normalized spacial score (nSPS) is 24.0. The molecule has 4 N–H and O–H groups in total. The lowest BCUT2D eigenvalue weighted by atomic mass is 9.85. The summed E-state index contributed by atoms with van der Waals surface area (Å²) in [6.07, 6.45) is 2.77. The van der Waals surface area contributed by atoms with Crippen LogP contribution in [0.4, 0.5) is 4.79 Å². The first-order chi connectivity index (χ1) is 12.9. The topological polar surface area (TPSA) is 102 Å². The van der Waals surface area contributed by atoms with Crippen LogP contribution in [0.1, 0.15) is 44.3 Å². The summed E-state index contributed by atoms with van der Waals surface area (Å²) in [4.78, 5) is 25.0. The van der Waals surface area contributed by atoms with Gasteiger partial charge in [0.05, 0.1) is 12.6 Å². The summed E-state index contributed by atoms with van der Waals surface area (Å²) >= 11 is 0. The predicted octanol–water partition coefficient (Wildman–Crippen LogP) is 1.74. The lowest BCUT2D eigenvalue weighted by molar-refractivity contribution is -0.139. The van der Waals surface area contributed by atoms with Crippen molar-refractivity contribution in [1.29, 1.82) is 0 Å². The van der Waals surface area contributed by atoms with E-state index >= 15 is 0 Å². The van der Waals surface area contributed by atoms with Gasteiger partial charge < -0.3 is 20.8 Å². The summed E-state index contributed by atoms with van der Waals surface area (Å²) in [7, 11) is 0. The largest absolute Gasteiger partial charge is 0.480 e. The van der Waals surface area contributed by atoms with Gasteiger partial charge >= 0.3 is 12.0 Å². The summed E-state index contributed by atoms with van der Waals surface area (Å²) in [6.45, 7) is 3.13. The summed E-state index contributed by atoms with van der Waals surface area (Å²) in [6, 6.07) is 9.64. The summed E-state index contributed by atoms with van der Waals surface area (Å²) in [5.41, 5.74) is 0.624. The fraction of sp³-hybridized carbons (Fsp3) is 0.600. The molecule has 27 heavy (non-hydrogen) atoms. The van der Waals surface area contributed by atoms with Crippen molar-refractivity contribution in [2.75, 3.05) is 19.6 Å². The van der Waals surface area contributed by atoms with Crippen LogP contribution in [-0.4, -0.2) is 58.8 Å². The molecule has 0 heterocycles. The molecule has 1 aromatic rings. The molecule has 7 nitrogen and oxygen atoms in total. The van der Waals surface area contributed by atoms with Crippen LogP contribution in [0.2, 0.25) is 0 Å². The van der Waals surface area contributed by atoms with Crippen molar-refractivity contribution in [2.24, 2.45) is 5.41 Å². The van der Waals surface area contributed by atoms with Gasteiger partial charge in [-0.2, -0.15) is 0 Å². The second-order valence-corrected chi connectivity index (χ2v) is 7.78. The Labute approximate surface area is 159 Å². The number of nitrogens with zero attached hydrogens (tertiary/aromatic N) is 1. The number of carbonyl (C=O) groups excluding carboxylic acids is 1. The van der Waals surface area contributed by atoms with Crippen molar-refractivity contribution in [3.8, 4) is 0 Å². The van der Waals surface area contributed by atoms with E-state index in [-0.39, 0.29) is 30.1 Å². The monoisotopic (exact) mass is 375 g/mol. The zero-order chi connectivity index (χ0) is 19.4. The standard InChI is InChI=1S/C20H29N3O4/c1-2-23(12-17(24)25)16-10-15(11-16)22-19(27)21-13-20(8-9-20)18(26)14-6-4-3-5-7-14/h3-7,15-16,18,26H,2,8-13H2,1H3,(H,24,25)(H2,21,22,27). The van der Waals surface area contributed by atoms with Crippen LogP contribution in [0.15, 0.2) is 30.3 Å². The summed E-state index contributed by atoms with van der Waals surface area (Å²) in [5.74, 6) is -0.822. The highest BCUT2D eigenvalue weighted by Gasteiger charge is 2.49. The van der Waals surface area contributed by atoms with Crippen LogP contribution in [0.5, 0.6) is 0 Å². The second kappa shape index (κ2) is 8.27. The molecule has 1 unspecified atom stereocenters. The fourth-order valence-electron chi connectivity index (χ4n) is 3.87. The van der Waals surface area contributed by atoms with Crippen LogP contribution in [-0.2, 0) is 4.79 Å². The smallest absolute Gasteiger partial charge is 0.317 e. The van der Waals surface area contributed by atoms with Crippen LogP contribution in [0.3, 0.4) is 0 Å². The highest BCUT2D eigenvalue weighted by Crippen LogP contribution is 2.54. The molecule has 148 valence electrons. The number of rotatable bonds is 9. The third-order valence-electron chi connectivity index (χ3n) is 5.90. The first-order valence-corrected chi connectivity index (χ1v) is 9.67. The van der Waals surface area contributed by atoms with Crippen LogP contribution < -0.4 is 10.6 Å². The molecule has 0 spiro atoms. The zero-order valence-electron chi connectivity index (χ0n) is 15.7. The Kier molecular flexibility index (Phi) is 6.01. The van der Waals surface area contributed by atoms with Crippen molar-refractivity contribution in [3.63, 3.8) is 0 Å². The predicted molar refractivity (Wildman–Crippen MR) is 101 cm³/mol. The molecule has 0 aromatic heterocycles. The Morgan fingerprint density at radius 1 is 1.26 bits per heavy atom. The Balaban J connectivity index is 1.40. The maximum absolute atomic E-state index is 12.2. The van der Waals surface area contributed by atoms with Crippen molar-refractivity contribution in [3.05, 3.63) is 35.9 Å². The maximum Gasteiger partial charge on any atom is 0.317 e. The molecule has 0 radical (unpaired) electrons. The summed E-state index contributed by atoms with van der Waals surface area (Å²) in [5, 5.41) is 25.4. The van der Waals surface area contributed by atoms with E-state index in [2.05, 4.69) is 10.6 Å². The molecule has 2 saturated carbocycles. The van der Waals surface area contributed by atoms with Gasteiger partial charge in [-0.3, -0.25) is 9.69 Å². The van der Waals surface area contributed by atoms with Gasteiger partial charge in [-0.15, -0.1) is 0 Å². The minimum atomic E-state index is -0.822. The van der Waals surface area contributed by atoms with E-state index in [1.807, 2.05) is 42.2 Å². The van der Waals surface area contributed by atoms with Gasteiger partial charge in [0.15, 0.2) is 0 Å². The van der Waals surface area contributed by atoms with Gasteiger partial charge in [0.25, 0.3) is 0 Å². The zero-order valence-corrected chi connectivity index (χ0v) is 15.7. The van der Waals surface area contributed by atoms with Crippen molar-refractivity contribution < 1.29 is 19.8 Å². The molecule has 3 rings (SSSR count). The number of nitrogens with one attached hydrogen (secondary N) is 2. The SMILES string of the molecule is CCN(CC(=O)O)C1CC(NC(=O)NCC2(C(O)c3ccccc3)CC2)C1. The molecular weight excluding hydrogens is 346 g/mol. The Bertz CT molecular complexity index is 656. The third-order valence-corrected chi connectivity index (χ3v) is 5.90. The minimum absolute atomic E-state index is 0.0416. The fourth-order valence-corrected chi connectivity index (χ4v) is 3.87. The van der Waals surface area contributed by atoms with Crippen molar-refractivity contribution in [2.45, 2.75) is 50.8 Å². The number of hydrogen-bond acceptors (Lipinski definition) is 4. The van der Waals surface area contributed by atoms with Gasteiger partial charge in [0.1, 0.15) is 0 Å². The van der Waals surface area contributed by atoms with E-state index in [0.29, 0.717) is 13.1 Å². The van der Waals surface area contributed by atoms with E-state index < -0.39 is 12.1 Å². The number of amides is 2. The highest BCUT2D eigenvalue weighted by molar-refractivity contribution is 5.74. The average molecular weight is 375 g/mol. The van der Waals surface area contributed by atoms with E-state index in [0.717, 1.165) is 31.2 Å². The number of hydrogen-bond donors (Lipinski definition) is 4. The number of carboxylic acids is 1. The third kappa shape index (κ3) is 4.78. The minimum Gasteiger partial charge on any atom is -0.480 e. The maximum atomic E-state index is 12.2. The number of carbonyl (C=O) groups is 2. The van der Waals surface area contributed by atoms with Crippen LogP contribution in [0, 0.1) is 5.41 Å². The molecule has 0 bridgehead atoms. The number of carboxylic acid groups (broad SMARTS) is 1. The number of aliphatic hydroxyl groups excluding tert-OH is 1. The molecule has 1 atom stereocenters. The molecule has 7 heteroatoms. The van der Waals surface area contributed by atoms with Gasteiger partial charge in [-0.1, -0.05) is 37.3 Å². The van der Waals surface area contributed by atoms with Gasteiger partial charge in [-0.25, -0.2) is 4.79 Å². The number of urea groups is 1. The van der Waals surface area contributed by atoms with E-state index in [1.54, 1.807) is 0 Å². The lowest BCUT2D eigenvalue weighted by Gasteiger charge is -2.42. The van der Waals surface area contributed by atoms with E-state index in [4.69, 9.17) is 5.11 Å². The summed E-state index contributed by atoms with van der Waals surface area (Å²) < 4.78 is 0. The highest BCUT2D eigenvalue weighted by atomic mass is 16.4. The first kappa shape index (κ1) is 19.6. The molecule has 2 aliphatic carbocycles. The number of likely N-dealkylation sites (N-methyl/N-ethyl adjacent to an activating group) is 1. The first-order valence-electron chi connectivity index (χ1n) is 9.67. The van der Waals surface area contributed by atoms with Crippen LogP contribution in [0.25, 0.3) is 0 Å². The average Bonchev–Trinajstić information content (AvgIpc) is 3.42. The molecular formula is C20H29N3O4. The van der Waals surface area contributed by atoms with Crippen molar-refractivity contribution >= 4 is 12.0 Å².